The van der Waals surface area contributed by atoms with Gasteiger partial charge in [-0.1, -0.05) is 78.9 Å². The van der Waals surface area contributed by atoms with Crippen LogP contribution in [0.1, 0.15) is 42.0 Å². The Balaban J connectivity index is 0.00000341. The molecule has 0 aliphatic rings. The molecule has 6 heteroatoms. The maximum Gasteiger partial charge on any atom is 0.573 e. The minimum absolute atomic E-state index is 0. The van der Waals surface area contributed by atoms with E-state index in [1.54, 1.807) is 12.1 Å². The Labute approximate surface area is 187 Å². The lowest BCUT2D eigenvalue weighted by Gasteiger charge is -2.14. The minimum Gasteiger partial charge on any atom is -0.406 e. The summed E-state index contributed by atoms with van der Waals surface area (Å²) in [6.45, 7) is 0. The molecule has 0 bridgehead atoms. The Morgan fingerprint density at radius 3 is 1.84 bits per heavy atom. The van der Waals surface area contributed by atoms with Crippen LogP contribution in [0.25, 0.3) is 5.57 Å². The molecule has 31 heavy (non-hydrogen) atoms. The SMILES string of the molecule is Cl.NC(CCCC=C(c1ccccc1)c1ccccc1)c1ccc(OC(F)(F)F)cc1. The van der Waals surface area contributed by atoms with Crippen LogP contribution in [-0.4, -0.2) is 6.36 Å². The molecule has 0 aliphatic heterocycles. The van der Waals surface area contributed by atoms with Gasteiger partial charge in [0.05, 0.1) is 0 Å². The van der Waals surface area contributed by atoms with Gasteiger partial charge in [0.25, 0.3) is 0 Å². The number of hydrogen-bond acceptors (Lipinski definition) is 2. The second kappa shape index (κ2) is 11.6. The number of nitrogens with two attached hydrogens (primary N) is 1. The molecule has 1 atom stereocenters. The lowest BCUT2D eigenvalue weighted by molar-refractivity contribution is -0.274. The zero-order valence-corrected chi connectivity index (χ0v) is 17.7. The fourth-order valence-corrected chi connectivity index (χ4v) is 3.31. The maximum absolute atomic E-state index is 12.3. The first-order chi connectivity index (χ1) is 14.4. The van der Waals surface area contributed by atoms with Crippen LogP contribution in [0.2, 0.25) is 0 Å². The van der Waals surface area contributed by atoms with Gasteiger partial charge in [-0.25, -0.2) is 0 Å². The predicted molar refractivity (Wildman–Crippen MR) is 121 cm³/mol. The molecule has 0 fully saturated rings. The number of unbranched alkanes of at least 4 members (excludes halogenated alkanes) is 1. The van der Waals surface area contributed by atoms with Crippen molar-refractivity contribution >= 4 is 18.0 Å². The quantitative estimate of drug-likeness (QED) is 0.367. The predicted octanol–water partition coefficient (Wildman–Crippen LogP) is 7.31. The summed E-state index contributed by atoms with van der Waals surface area (Å²) in [7, 11) is 0. The normalized spacial score (nSPS) is 11.9. The van der Waals surface area contributed by atoms with Gasteiger partial charge >= 0.3 is 6.36 Å². The molecule has 0 spiro atoms. The number of benzene rings is 3. The third-order valence-corrected chi connectivity index (χ3v) is 4.78. The van der Waals surface area contributed by atoms with E-state index in [1.165, 1.54) is 17.7 Å². The van der Waals surface area contributed by atoms with Crippen LogP contribution in [0, 0.1) is 0 Å². The Morgan fingerprint density at radius 2 is 1.35 bits per heavy atom. The van der Waals surface area contributed by atoms with E-state index in [0.717, 1.165) is 36.0 Å². The molecule has 0 amide bonds. The summed E-state index contributed by atoms with van der Waals surface area (Å²) >= 11 is 0. The summed E-state index contributed by atoms with van der Waals surface area (Å²) in [5, 5.41) is 0. The van der Waals surface area contributed by atoms with Crippen LogP contribution in [-0.2, 0) is 0 Å². The van der Waals surface area contributed by atoms with E-state index in [4.69, 9.17) is 5.73 Å². The number of allylic oxidation sites excluding steroid dienone is 1. The summed E-state index contributed by atoms with van der Waals surface area (Å²) in [4.78, 5) is 0. The van der Waals surface area contributed by atoms with Crippen LogP contribution < -0.4 is 10.5 Å². The van der Waals surface area contributed by atoms with Gasteiger partial charge in [-0.15, -0.1) is 25.6 Å². The van der Waals surface area contributed by atoms with Crippen LogP contribution in [0.4, 0.5) is 13.2 Å². The van der Waals surface area contributed by atoms with Gasteiger partial charge in [0.15, 0.2) is 0 Å². The van der Waals surface area contributed by atoms with Crippen molar-refractivity contribution in [2.75, 3.05) is 0 Å². The van der Waals surface area contributed by atoms with Gasteiger partial charge in [-0.3, -0.25) is 0 Å². The Bertz CT molecular complexity index is 901. The lowest BCUT2D eigenvalue weighted by Crippen LogP contribution is -2.17. The molecular formula is C25H25ClF3NO. The number of alkyl halides is 3. The van der Waals surface area contributed by atoms with Gasteiger partial charge in [0.2, 0.25) is 0 Å². The van der Waals surface area contributed by atoms with Crippen molar-refractivity contribution in [3.8, 4) is 5.75 Å². The highest BCUT2D eigenvalue weighted by Crippen LogP contribution is 2.27. The summed E-state index contributed by atoms with van der Waals surface area (Å²) in [5.74, 6) is -0.239. The number of hydrogen-bond donors (Lipinski definition) is 1. The van der Waals surface area contributed by atoms with Crippen molar-refractivity contribution in [2.24, 2.45) is 5.73 Å². The summed E-state index contributed by atoms with van der Waals surface area (Å²) in [6, 6.07) is 26.0. The van der Waals surface area contributed by atoms with Gasteiger partial charge < -0.3 is 10.5 Å². The second-order valence-electron chi connectivity index (χ2n) is 7.00. The molecule has 0 radical (unpaired) electrons. The van der Waals surface area contributed by atoms with E-state index in [1.807, 2.05) is 36.4 Å². The van der Waals surface area contributed by atoms with Gasteiger partial charge in [-0.05, 0) is 53.7 Å². The molecule has 3 aromatic rings. The molecule has 2 N–H and O–H groups in total. The van der Waals surface area contributed by atoms with Crippen LogP contribution in [0.15, 0.2) is 91.0 Å². The summed E-state index contributed by atoms with van der Waals surface area (Å²) < 4.78 is 40.7. The number of rotatable bonds is 8. The molecular weight excluding hydrogens is 423 g/mol. The maximum atomic E-state index is 12.3. The van der Waals surface area contributed by atoms with Crippen molar-refractivity contribution in [1.82, 2.24) is 0 Å². The second-order valence-corrected chi connectivity index (χ2v) is 7.00. The third-order valence-electron chi connectivity index (χ3n) is 4.78. The average molecular weight is 448 g/mol. The zero-order chi connectivity index (χ0) is 21.4. The molecule has 3 rings (SSSR count). The molecule has 2 nitrogen and oxygen atoms in total. The first-order valence-electron chi connectivity index (χ1n) is 9.85. The Kier molecular flexibility index (Phi) is 9.16. The average Bonchev–Trinajstić information content (AvgIpc) is 2.74. The van der Waals surface area contributed by atoms with E-state index in [0.29, 0.717) is 0 Å². The number of ether oxygens (including phenoxy) is 1. The van der Waals surface area contributed by atoms with E-state index >= 15 is 0 Å². The lowest BCUT2D eigenvalue weighted by atomic mass is 9.95. The number of halogens is 4. The molecule has 0 heterocycles. The van der Waals surface area contributed by atoms with Gasteiger partial charge in [0, 0.05) is 6.04 Å². The third kappa shape index (κ3) is 7.78. The van der Waals surface area contributed by atoms with Crippen LogP contribution in [0.5, 0.6) is 5.75 Å². The zero-order valence-electron chi connectivity index (χ0n) is 16.9. The molecule has 0 aliphatic carbocycles. The van der Waals surface area contributed by atoms with Crippen molar-refractivity contribution in [1.29, 1.82) is 0 Å². The topological polar surface area (TPSA) is 35.2 Å². The van der Waals surface area contributed by atoms with Gasteiger partial charge in [0.1, 0.15) is 5.75 Å². The first-order valence-corrected chi connectivity index (χ1v) is 9.85. The van der Waals surface area contributed by atoms with Crippen molar-refractivity contribution < 1.29 is 17.9 Å². The summed E-state index contributed by atoms with van der Waals surface area (Å²) in [6.07, 6.45) is -0.0249. The standard InChI is InChI=1S/C25H24F3NO.ClH/c26-25(27,28)30-22-17-15-21(16-18-22)24(29)14-8-7-13-23(19-9-3-1-4-10-19)20-11-5-2-6-12-20;/h1-6,9-13,15-18,24H,7-8,14,29H2;1H. The molecule has 3 aromatic carbocycles. The Morgan fingerprint density at radius 1 is 0.839 bits per heavy atom. The van der Waals surface area contributed by atoms with Crippen LogP contribution in [0.3, 0.4) is 0 Å². The minimum atomic E-state index is -4.69. The fraction of sp³-hybridized carbons (Fsp3) is 0.200. The highest BCUT2D eigenvalue weighted by atomic mass is 35.5. The van der Waals surface area contributed by atoms with Crippen molar-refractivity contribution in [3.05, 3.63) is 108 Å². The monoisotopic (exact) mass is 447 g/mol. The van der Waals surface area contributed by atoms with E-state index in [9.17, 15) is 13.2 Å². The van der Waals surface area contributed by atoms with E-state index in [-0.39, 0.29) is 24.2 Å². The molecule has 164 valence electrons. The molecule has 1 unspecified atom stereocenters. The summed E-state index contributed by atoms with van der Waals surface area (Å²) in [5.41, 5.74) is 10.5. The van der Waals surface area contributed by atoms with E-state index < -0.39 is 6.36 Å². The smallest absolute Gasteiger partial charge is 0.406 e. The van der Waals surface area contributed by atoms with Crippen molar-refractivity contribution in [3.63, 3.8) is 0 Å². The molecule has 0 saturated heterocycles. The highest BCUT2D eigenvalue weighted by Gasteiger charge is 2.31. The van der Waals surface area contributed by atoms with Crippen molar-refractivity contribution in [2.45, 2.75) is 31.7 Å². The Hall–Kier alpha value is -2.76. The van der Waals surface area contributed by atoms with Crippen LogP contribution >= 0.6 is 12.4 Å². The van der Waals surface area contributed by atoms with E-state index in [2.05, 4.69) is 35.1 Å². The highest BCUT2D eigenvalue weighted by molar-refractivity contribution is 5.85. The largest absolute Gasteiger partial charge is 0.573 e. The van der Waals surface area contributed by atoms with Gasteiger partial charge in [-0.2, -0.15) is 0 Å². The molecule has 0 saturated carbocycles. The fourth-order valence-electron chi connectivity index (χ4n) is 3.31. The first kappa shape index (κ1) is 24.5. The molecule has 0 aromatic heterocycles.